The fourth-order valence-electron chi connectivity index (χ4n) is 3.88. The third-order valence-electron chi connectivity index (χ3n) is 5.71. The molecular formula is C21H23BF2N2O3. The number of piperidine rings is 1. The Bertz CT molecular complexity index is 851. The second kappa shape index (κ2) is 8.84. The maximum atomic E-state index is 13.0. The molecular weight excluding hydrogens is 377 g/mol. The first-order valence-electron chi connectivity index (χ1n) is 9.55. The van der Waals surface area contributed by atoms with E-state index in [-0.39, 0.29) is 29.0 Å². The van der Waals surface area contributed by atoms with Crippen LogP contribution in [0.1, 0.15) is 34.8 Å². The minimum absolute atomic E-state index is 0.0354. The van der Waals surface area contributed by atoms with Crippen LogP contribution >= 0.6 is 0 Å². The van der Waals surface area contributed by atoms with Crippen LogP contribution in [-0.4, -0.2) is 42.2 Å². The maximum absolute atomic E-state index is 13.0. The van der Waals surface area contributed by atoms with Gasteiger partial charge in [-0.15, -0.1) is 0 Å². The lowest BCUT2D eigenvalue weighted by molar-refractivity contribution is -0.150. The number of benzene rings is 2. The fraction of sp³-hybridized carbons (Fsp3) is 0.333. The van der Waals surface area contributed by atoms with Crippen LogP contribution < -0.4 is 5.32 Å². The Kier molecular flexibility index (Phi) is 6.44. The SMILES string of the molecule is CB(O)N1CCC2(CC1)C(=O)NC2c1ccc(F)cc1.O=Cc1ccc(F)cc1. The number of carbonyl (C=O) groups excluding carboxylic acids is 2. The van der Waals surface area contributed by atoms with Crippen molar-refractivity contribution in [2.24, 2.45) is 5.41 Å². The number of amides is 1. The summed E-state index contributed by atoms with van der Waals surface area (Å²) in [6.07, 6.45) is 2.14. The van der Waals surface area contributed by atoms with Crippen LogP contribution in [0, 0.1) is 17.0 Å². The molecule has 0 bridgehead atoms. The maximum Gasteiger partial charge on any atom is 0.376 e. The molecule has 8 heteroatoms. The van der Waals surface area contributed by atoms with Crippen molar-refractivity contribution in [1.29, 1.82) is 0 Å². The highest BCUT2D eigenvalue weighted by Gasteiger charge is 2.56. The highest BCUT2D eigenvalue weighted by molar-refractivity contribution is 6.45. The standard InChI is InChI=1S/C14H18BFN2O2.C7H5FO/c1-15(20)18-8-6-14(7-9-18)12(17-13(14)19)10-2-4-11(16)5-3-10;8-7-3-1-6(5-9)2-4-7/h2-5,12,20H,6-9H2,1H3,(H,17,19);1-5H. The van der Waals surface area contributed by atoms with Crippen molar-refractivity contribution in [3.63, 3.8) is 0 Å². The molecule has 1 unspecified atom stereocenters. The number of nitrogens with zero attached hydrogens (tertiary/aromatic N) is 1. The van der Waals surface area contributed by atoms with E-state index in [4.69, 9.17) is 0 Å². The molecule has 2 aliphatic heterocycles. The van der Waals surface area contributed by atoms with Crippen LogP contribution in [-0.2, 0) is 4.79 Å². The lowest BCUT2D eigenvalue weighted by Crippen LogP contribution is -2.65. The van der Waals surface area contributed by atoms with Crippen molar-refractivity contribution in [3.8, 4) is 0 Å². The third kappa shape index (κ3) is 4.54. The zero-order valence-corrected chi connectivity index (χ0v) is 16.1. The van der Waals surface area contributed by atoms with Crippen LogP contribution in [0.2, 0.25) is 6.82 Å². The molecule has 2 fully saturated rings. The summed E-state index contributed by atoms with van der Waals surface area (Å²) in [7, 11) is -0.472. The first kappa shape index (κ1) is 21.1. The summed E-state index contributed by atoms with van der Waals surface area (Å²) in [4.78, 5) is 24.0. The zero-order chi connectivity index (χ0) is 21.0. The second-order valence-electron chi connectivity index (χ2n) is 7.45. The Balaban J connectivity index is 0.000000224. The number of aldehydes is 1. The summed E-state index contributed by atoms with van der Waals surface area (Å²) in [6.45, 7) is 3.17. The van der Waals surface area contributed by atoms with Gasteiger partial charge in [-0.05, 0) is 74.7 Å². The Morgan fingerprint density at radius 3 is 2.03 bits per heavy atom. The average Bonchev–Trinajstić information content (AvgIpc) is 2.74. The summed E-state index contributed by atoms with van der Waals surface area (Å²) < 4.78 is 25.1. The van der Waals surface area contributed by atoms with Crippen molar-refractivity contribution >= 4 is 19.2 Å². The Morgan fingerprint density at radius 2 is 1.59 bits per heavy atom. The molecule has 2 N–H and O–H groups in total. The molecule has 2 saturated heterocycles. The molecule has 1 spiro atoms. The fourth-order valence-corrected chi connectivity index (χ4v) is 3.88. The van der Waals surface area contributed by atoms with Crippen molar-refractivity contribution in [2.75, 3.05) is 13.1 Å². The predicted molar refractivity (Wildman–Crippen MR) is 106 cm³/mol. The van der Waals surface area contributed by atoms with Crippen LogP contribution in [0.5, 0.6) is 0 Å². The molecule has 2 aliphatic rings. The molecule has 1 atom stereocenters. The van der Waals surface area contributed by atoms with Crippen LogP contribution in [0.4, 0.5) is 8.78 Å². The number of carbonyl (C=O) groups is 2. The zero-order valence-electron chi connectivity index (χ0n) is 16.1. The molecule has 1 amide bonds. The van der Waals surface area contributed by atoms with E-state index in [0.29, 0.717) is 24.9 Å². The summed E-state index contributed by atoms with van der Waals surface area (Å²) in [5.74, 6) is -0.505. The van der Waals surface area contributed by atoms with Gasteiger partial charge in [0.1, 0.15) is 17.9 Å². The van der Waals surface area contributed by atoms with Gasteiger partial charge in [0.15, 0.2) is 0 Å². The van der Waals surface area contributed by atoms with Gasteiger partial charge in [-0.25, -0.2) is 8.78 Å². The highest BCUT2D eigenvalue weighted by atomic mass is 19.1. The molecule has 152 valence electrons. The monoisotopic (exact) mass is 400 g/mol. The molecule has 29 heavy (non-hydrogen) atoms. The average molecular weight is 400 g/mol. The van der Waals surface area contributed by atoms with Crippen molar-refractivity contribution in [2.45, 2.75) is 25.7 Å². The van der Waals surface area contributed by atoms with Gasteiger partial charge >= 0.3 is 7.05 Å². The lowest BCUT2D eigenvalue weighted by Gasteiger charge is -2.53. The van der Waals surface area contributed by atoms with E-state index in [1.165, 1.54) is 36.4 Å². The van der Waals surface area contributed by atoms with Crippen LogP contribution in [0.15, 0.2) is 48.5 Å². The predicted octanol–water partition coefficient (Wildman–Crippen LogP) is 2.83. The molecule has 0 aromatic heterocycles. The van der Waals surface area contributed by atoms with Gasteiger partial charge in [-0.1, -0.05) is 12.1 Å². The van der Waals surface area contributed by atoms with Gasteiger partial charge in [0, 0.05) is 5.56 Å². The smallest absolute Gasteiger partial charge is 0.376 e. The summed E-state index contributed by atoms with van der Waals surface area (Å²) in [5.41, 5.74) is 1.07. The van der Waals surface area contributed by atoms with Crippen molar-refractivity contribution in [3.05, 3.63) is 71.3 Å². The van der Waals surface area contributed by atoms with Crippen LogP contribution in [0.3, 0.4) is 0 Å². The van der Waals surface area contributed by atoms with E-state index in [1.54, 1.807) is 19.0 Å². The minimum Gasteiger partial charge on any atom is -0.437 e. The second-order valence-corrected chi connectivity index (χ2v) is 7.45. The first-order chi connectivity index (χ1) is 13.9. The number of hydrogen-bond acceptors (Lipinski definition) is 4. The summed E-state index contributed by atoms with van der Waals surface area (Å²) >= 11 is 0. The number of β-lactam (4-membered cyclic amide) rings is 1. The van der Waals surface area contributed by atoms with Gasteiger partial charge in [0.25, 0.3) is 0 Å². The molecule has 2 aromatic rings. The minimum atomic E-state index is -0.472. The van der Waals surface area contributed by atoms with Gasteiger partial charge in [0.05, 0.1) is 11.5 Å². The number of halogens is 2. The Hall–Kier alpha value is -2.58. The van der Waals surface area contributed by atoms with Gasteiger partial charge in [-0.2, -0.15) is 0 Å². The number of hydrogen-bond donors (Lipinski definition) is 2. The van der Waals surface area contributed by atoms with Crippen molar-refractivity contribution in [1.82, 2.24) is 10.1 Å². The topological polar surface area (TPSA) is 69.6 Å². The third-order valence-corrected chi connectivity index (χ3v) is 5.71. The molecule has 4 rings (SSSR count). The van der Waals surface area contributed by atoms with Gasteiger partial charge < -0.3 is 15.2 Å². The Labute approximate surface area is 168 Å². The largest absolute Gasteiger partial charge is 0.437 e. The lowest BCUT2D eigenvalue weighted by atomic mass is 9.62. The van der Waals surface area contributed by atoms with Crippen LogP contribution in [0.25, 0.3) is 0 Å². The molecule has 2 aromatic carbocycles. The van der Waals surface area contributed by atoms with E-state index >= 15 is 0 Å². The summed E-state index contributed by atoms with van der Waals surface area (Å²) in [6, 6.07) is 11.7. The quantitative estimate of drug-likeness (QED) is 0.473. The normalized spacial score (nSPS) is 20.1. The first-order valence-corrected chi connectivity index (χ1v) is 9.55. The van der Waals surface area contributed by atoms with E-state index in [1.807, 2.05) is 4.81 Å². The van der Waals surface area contributed by atoms with E-state index < -0.39 is 7.05 Å². The Morgan fingerprint density at radius 1 is 1.07 bits per heavy atom. The number of rotatable bonds is 3. The van der Waals surface area contributed by atoms with E-state index in [2.05, 4.69) is 5.32 Å². The summed E-state index contributed by atoms with van der Waals surface area (Å²) in [5, 5.41) is 12.5. The molecule has 0 radical (unpaired) electrons. The molecule has 5 nitrogen and oxygen atoms in total. The van der Waals surface area contributed by atoms with Gasteiger partial charge in [-0.3, -0.25) is 9.59 Å². The molecule has 2 heterocycles. The van der Waals surface area contributed by atoms with Gasteiger partial charge in [0.2, 0.25) is 5.91 Å². The van der Waals surface area contributed by atoms with E-state index in [0.717, 1.165) is 18.4 Å². The molecule has 0 saturated carbocycles. The molecule has 0 aliphatic carbocycles. The van der Waals surface area contributed by atoms with E-state index in [9.17, 15) is 23.4 Å². The highest BCUT2D eigenvalue weighted by Crippen LogP contribution is 2.49. The van der Waals surface area contributed by atoms with Crippen molar-refractivity contribution < 1.29 is 23.4 Å². The number of nitrogens with one attached hydrogen (secondary N) is 1.